The molecule has 2 N–H and O–H groups in total. The van der Waals surface area contributed by atoms with Crippen LogP contribution < -0.4 is 10.9 Å². The molecule has 5 heteroatoms. The summed E-state index contributed by atoms with van der Waals surface area (Å²) in [5.74, 6) is 0.145. The molecule has 0 aliphatic heterocycles. The van der Waals surface area contributed by atoms with E-state index in [0.29, 0.717) is 18.1 Å². The zero-order valence-electron chi connectivity index (χ0n) is 11.3. The lowest BCUT2D eigenvalue weighted by Gasteiger charge is -2.18. The number of H-pyrrole nitrogens is 1. The van der Waals surface area contributed by atoms with E-state index in [2.05, 4.69) is 21.9 Å². The van der Waals surface area contributed by atoms with Crippen LogP contribution in [0.1, 0.15) is 42.6 Å². The third kappa shape index (κ3) is 3.06. The van der Waals surface area contributed by atoms with Crippen LogP contribution in [0, 0.1) is 6.92 Å². The van der Waals surface area contributed by atoms with Crippen molar-refractivity contribution < 1.29 is 4.79 Å². The normalized spacial score (nSPS) is 11.1. The van der Waals surface area contributed by atoms with Crippen LogP contribution in [-0.2, 0) is 5.41 Å². The molecule has 0 aromatic carbocycles. The molecule has 0 saturated carbocycles. The van der Waals surface area contributed by atoms with Gasteiger partial charge < -0.3 is 10.3 Å². The van der Waals surface area contributed by atoms with Crippen LogP contribution in [-0.4, -0.2) is 22.4 Å². The molecule has 0 bridgehead atoms. The fourth-order valence-electron chi connectivity index (χ4n) is 1.46. The third-order valence-electron chi connectivity index (χ3n) is 2.44. The van der Waals surface area contributed by atoms with Crippen molar-refractivity contribution in [3.63, 3.8) is 0 Å². The number of carbonyl (C=O) groups excluding carboxylic acids is 1. The molecule has 1 aromatic rings. The second-order valence-electron chi connectivity index (χ2n) is 5.12. The van der Waals surface area contributed by atoms with Gasteiger partial charge in [-0.25, -0.2) is 4.98 Å². The molecule has 0 radical (unpaired) electrons. The topological polar surface area (TPSA) is 74.8 Å². The van der Waals surface area contributed by atoms with Crippen LogP contribution in [0.5, 0.6) is 0 Å². The Morgan fingerprint density at radius 1 is 1.50 bits per heavy atom. The van der Waals surface area contributed by atoms with Crippen molar-refractivity contribution >= 4 is 5.91 Å². The molecule has 0 unspecified atom stereocenters. The molecule has 0 saturated heterocycles. The van der Waals surface area contributed by atoms with Gasteiger partial charge in [0.25, 0.3) is 11.5 Å². The lowest BCUT2D eigenvalue weighted by Crippen LogP contribution is -2.33. The van der Waals surface area contributed by atoms with E-state index in [4.69, 9.17) is 0 Å². The zero-order valence-corrected chi connectivity index (χ0v) is 11.3. The molecule has 0 aliphatic rings. The number of carbonyl (C=O) groups is 1. The average Bonchev–Trinajstić information content (AvgIpc) is 2.24. The minimum absolute atomic E-state index is 0.0600. The van der Waals surface area contributed by atoms with Crippen LogP contribution in [0.25, 0.3) is 0 Å². The van der Waals surface area contributed by atoms with Crippen molar-refractivity contribution in [3.8, 4) is 0 Å². The van der Waals surface area contributed by atoms with E-state index in [1.54, 1.807) is 13.0 Å². The van der Waals surface area contributed by atoms with Crippen molar-refractivity contribution in [3.05, 3.63) is 40.1 Å². The molecule has 1 aromatic heterocycles. The predicted octanol–water partition coefficient (Wildman–Crippen LogP) is 1.29. The Kier molecular flexibility index (Phi) is 4.06. The molecule has 0 aliphatic carbocycles. The van der Waals surface area contributed by atoms with Gasteiger partial charge in [0.2, 0.25) is 0 Å². The van der Waals surface area contributed by atoms with Crippen molar-refractivity contribution in [2.75, 3.05) is 6.54 Å². The minimum atomic E-state index is -0.429. The lowest BCUT2D eigenvalue weighted by atomic mass is 9.95. The second-order valence-corrected chi connectivity index (χ2v) is 5.12. The Morgan fingerprint density at radius 2 is 2.11 bits per heavy atom. The summed E-state index contributed by atoms with van der Waals surface area (Å²) < 4.78 is 0. The molecular weight excluding hydrogens is 230 g/mol. The first kappa shape index (κ1) is 14.2. The fraction of sp³-hybridized carbons (Fsp3) is 0.462. The van der Waals surface area contributed by atoms with E-state index < -0.39 is 11.5 Å². The van der Waals surface area contributed by atoms with Gasteiger partial charge in [-0.15, -0.1) is 6.58 Å². The Bertz CT molecular complexity index is 524. The van der Waals surface area contributed by atoms with Crippen LogP contribution in [0.4, 0.5) is 0 Å². The number of hydrogen-bond acceptors (Lipinski definition) is 3. The highest BCUT2D eigenvalue weighted by Gasteiger charge is 2.21. The van der Waals surface area contributed by atoms with Gasteiger partial charge in [-0.05, 0) is 6.92 Å². The summed E-state index contributed by atoms with van der Waals surface area (Å²) in [6, 6.07) is 0. The van der Waals surface area contributed by atoms with Gasteiger partial charge in [-0.3, -0.25) is 9.59 Å². The van der Waals surface area contributed by atoms with Crippen molar-refractivity contribution in [2.24, 2.45) is 0 Å². The average molecular weight is 249 g/mol. The van der Waals surface area contributed by atoms with E-state index in [0.717, 1.165) is 0 Å². The minimum Gasteiger partial charge on any atom is -0.348 e. The molecule has 1 rings (SSSR count). The summed E-state index contributed by atoms with van der Waals surface area (Å²) in [7, 11) is 0. The summed E-state index contributed by atoms with van der Waals surface area (Å²) >= 11 is 0. The van der Waals surface area contributed by atoms with Crippen LogP contribution in [0.2, 0.25) is 0 Å². The van der Waals surface area contributed by atoms with Crippen molar-refractivity contribution in [1.82, 2.24) is 15.3 Å². The van der Waals surface area contributed by atoms with Crippen molar-refractivity contribution in [2.45, 2.75) is 33.1 Å². The molecule has 0 fully saturated rings. The molecule has 1 heterocycles. The third-order valence-corrected chi connectivity index (χ3v) is 2.44. The molecule has 98 valence electrons. The number of amides is 1. The first-order chi connectivity index (χ1) is 8.27. The van der Waals surface area contributed by atoms with Gasteiger partial charge in [0.05, 0.1) is 5.69 Å². The highest BCUT2D eigenvalue weighted by atomic mass is 16.2. The van der Waals surface area contributed by atoms with E-state index in [9.17, 15) is 9.59 Å². The van der Waals surface area contributed by atoms with E-state index in [1.807, 2.05) is 20.8 Å². The summed E-state index contributed by atoms with van der Waals surface area (Å²) in [6.45, 7) is 11.3. The second kappa shape index (κ2) is 5.16. The summed E-state index contributed by atoms with van der Waals surface area (Å²) in [5.41, 5.74) is -0.177. The molecule has 0 atom stereocenters. The zero-order chi connectivity index (χ0) is 13.9. The van der Waals surface area contributed by atoms with Crippen LogP contribution in [0.15, 0.2) is 17.4 Å². The van der Waals surface area contributed by atoms with Gasteiger partial charge in [-0.2, -0.15) is 0 Å². The van der Waals surface area contributed by atoms with E-state index in [-0.39, 0.29) is 11.0 Å². The molecule has 0 spiro atoms. The number of nitrogens with zero attached hydrogens (tertiary/aromatic N) is 1. The Morgan fingerprint density at radius 3 is 2.56 bits per heavy atom. The Hall–Kier alpha value is -1.91. The van der Waals surface area contributed by atoms with Crippen LogP contribution >= 0.6 is 0 Å². The summed E-state index contributed by atoms with van der Waals surface area (Å²) in [6.07, 6.45) is 1.55. The fourth-order valence-corrected chi connectivity index (χ4v) is 1.46. The van der Waals surface area contributed by atoms with Gasteiger partial charge in [0.15, 0.2) is 0 Å². The van der Waals surface area contributed by atoms with Gasteiger partial charge in [0, 0.05) is 12.0 Å². The molecule has 1 amide bonds. The van der Waals surface area contributed by atoms with Gasteiger partial charge >= 0.3 is 0 Å². The first-order valence-corrected chi connectivity index (χ1v) is 5.78. The molecule has 18 heavy (non-hydrogen) atoms. The maximum absolute atomic E-state index is 11.9. The highest BCUT2D eigenvalue weighted by molar-refractivity contribution is 5.94. The Balaban J connectivity index is 3.21. The number of aromatic nitrogens is 2. The van der Waals surface area contributed by atoms with E-state index in [1.165, 1.54) is 0 Å². The monoisotopic (exact) mass is 249 g/mol. The SMILES string of the molecule is C=CCNC(=O)c1c(C)nc(C(C)(C)C)[nH]c1=O. The van der Waals surface area contributed by atoms with E-state index >= 15 is 0 Å². The largest absolute Gasteiger partial charge is 0.348 e. The number of aromatic amines is 1. The maximum atomic E-state index is 11.9. The Labute approximate surface area is 106 Å². The van der Waals surface area contributed by atoms with Gasteiger partial charge in [-0.1, -0.05) is 26.8 Å². The molecular formula is C13H19N3O2. The highest BCUT2D eigenvalue weighted by Crippen LogP contribution is 2.17. The van der Waals surface area contributed by atoms with Crippen molar-refractivity contribution in [1.29, 1.82) is 0 Å². The summed E-state index contributed by atoms with van der Waals surface area (Å²) in [4.78, 5) is 30.7. The maximum Gasteiger partial charge on any atom is 0.264 e. The predicted molar refractivity (Wildman–Crippen MR) is 70.8 cm³/mol. The summed E-state index contributed by atoms with van der Waals surface area (Å²) in [5, 5.41) is 2.57. The first-order valence-electron chi connectivity index (χ1n) is 5.78. The molecule has 5 nitrogen and oxygen atoms in total. The van der Waals surface area contributed by atoms with Crippen LogP contribution in [0.3, 0.4) is 0 Å². The number of hydrogen-bond donors (Lipinski definition) is 2. The number of aryl methyl sites for hydroxylation is 1. The number of rotatable bonds is 3. The standard InChI is InChI=1S/C13H19N3O2/c1-6-7-14-10(17)9-8(2)15-12(13(3,4)5)16-11(9)18/h6H,1,7H2,2-5H3,(H,14,17)(H,15,16,18). The smallest absolute Gasteiger partial charge is 0.264 e. The van der Waals surface area contributed by atoms with Gasteiger partial charge in [0.1, 0.15) is 11.4 Å². The lowest BCUT2D eigenvalue weighted by molar-refractivity contribution is 0.0955. The number of nitrogens with one attached hydrogen (secondary N) is 2. The quantitative estimate of drug-likeness (QED) is 0.793.